The van der Waals surface area contributed by atoms with Crippen molar-refractivity contribution in [1.29, 1.82) is 0 Å². The van der Waals surface area contributed by atoms with Crippen LogP contribution in [-0.2, 0) is 9.84 Å². The van der Waals surface area contributed by atoms with Crippen LogP contribution in [0.25, 0.3) is 0 Å². The first-order valence-corrected chi connectivity index (χ1v) is 9.83. The molecule has 2 aromatic carbocycles. The largest absolute Gasteiger partial charge is 0.496 e. The van der Waals surface area contributed by atoms with Crippen molar-refractivity contribution >= 4 is 27.3 Å². The van der Waals surface area contributed by atoms with E-state index in [-0.39, 0.29) is 27.4 Å². The number of para-hydroxylation sites is 1. The lowest BCUT2D eigenvalue weighted by Crippen LogP contribution is -2.30. The lowest BCUT2D eigenvalue weighted by Gasteiger charge is -2.27. The predicted molar refractivity (Wildman–Crippen MR) is 98.1 cm³/mol. The van der Waals surface area contributed by atoms with Gasteiger partial charge in [-0.15, -0.1) is 0 Å². The minimum atomic E-state index is -3.52. The molecule has 25 heavy (non-hydrogen) atoms. The van der Waals surface area contributed by atoms with Crippen molar-refractivity contribution in [2.24, 2.45) is 0 Å². The molecular weight excluding hydrogens is 362 g/mol. The third-order valence-corrected chi connectivity index (χ3v) is 5.65. The Morgan fingerprint density at radius 2 is 1.84 bits per heavy atom. The Morgan fingerprint density at radius 3 is 2.44 bits per heavy atom. The summed E-state index contributed by atoms with van der Waals surface area (Å²) in [5.41, 5.74) is 1.12. The summed E-state index contributed by atoms with van der Waals surface area (Å²) < 4.78 is 29.0. The summed E-state index contributed by atoms with van der Waals surface area (Å²) in [5.74, 6) is 0.377. The van der Waals surface area contributed by atoms with Gasteiger partial charge in [0.25, 0.3) is 5.91 Å². The van der Waals surface area contributed by atoms with Crippen molar-refractivity contribution in [3.63, 3.8) is 0 Å². The predicted octanol–water partition coefficient (Wildman–Crippen LogP) is 3.59. The van der Waals surface area contributed by atoms with Crippen LogP contribution in [0.4, 0.5) is 0 Å². The molecule has 0 bridgehead atoms. The summed E-state index contributed by atoms with van der Waals surface area (Å²) >= 11 is 5.94. The Morgan fingerprint density at radius 1 is 1.20 bits per heavy atom. The molecule has 0 aromatic heterocycles. The minimum absolute atomic E-state index is 0.0571. The van der Waals surface area contributed by atoms with E-state index in [0.717, 1.165) is 11.8 Å². The highest BCUT2D eigenvalue weighted by atomic mass is 35.5. The molecule has 5 nitrogen and oxygen atoms in total. The van der Waals surface area contributed by atoms with E-state index in [1.165, 1.54) is 23.1 Å². The number of hydrogen-bond donors (Lipinski definition) is 0. The Kier molecular flexibility index (Phi) is 5.75. The van der Waals surface area contributed by atoms with E-state index in [2.05, 4.69) is 0 Å². The van der Waals surface area contributed by atoms with E-state index in [0.29, 0.717) is 5.75 Å². The van der Waals surface area contributed by atoms with Crippen molar-refractivity contribution in [3.8, 4) is 5.75 Å². The number of methoxy groups -OCH3 is 1. The maximum absolute atomic E-state index is 12.8. The highest BCUT2D eigenvalue weighted by molar-refractivity contribution is 7.90. The molecule has 0 radical (unpaired) electrons. The number of sulfone groups is 1. The van der Waals surface area contributed by atoms with Crippen molar-refractivity contribution in [3.05, 3.63) is 58.6 Å². The van der Waals surface area contributed by atoms with Gasteiger partial charge in [-0.25, -0.2) is 8.42 Å². The van der Waals surface area contributed by atoms with Crippen molar-refractivity contribution in [1.82, 2.24) is 4.90 Å². The number of carbonyl (C=O) groups is 1. The van der Waals surface area contributed by atoms with Crippen LogP contribution >= 0.6 is 11.6 Å². The fraction of sp³-hybridized carbons (Fsp3) is 0.278. The smallest absolute Gasteiger partial charge is 0.254 e. The van der Waals surface area contributed by atoms with Crippen LogP contribution in [-0.4, -0.2) is 39.6 Å². The normalized spacial score (nSPS) is 12.5. The molecule has 0 heterocycles. The van der Waals surface area contributed by atoms with Gasteiger partial charge < -0.3 is 9.64 Å². The van der Waals surface area contributed by atoms with Gasteiger partial charge in [0.2, 0.25) is 0 Å². The molecule has 0 saturated carbocycles. The number of nitrogens with zero attached hydrogens (tertiary/aromatic N) is 1. The number of benzene rings is 2. The van der Waals surface area contributed by atoms with Crippen molar-refractivity contribution in [2.45, 2.75) is 17.9 Å². The van der Waals surface area contributed by atoms with Crippen molar-refractivity contribution in [2.75, 3.05) is 20.4 Å². The zero-order valence-corrected chi connectivity index (χ0v) is 16.1. The second-order valence-electron chi connectivity index (χ2n) is 5.75. The van der Waals surface area contributed by atoms with Gasteiger partial charge in [-0.2, -0.15) is 0 Å². The fourth-order valence-corrected chi connectivity index (χ4v) is 3.82. The Hall–Kier alpha value is -2.05. The van der Waals surface area contributed by atoms with Gasteiger partial charge in [-0.1, -0.05) is 29.8 Å². The van der Waals surface area contributed by atoms with Crippen LogP contribution in [0.1, 0.15) is 28.9 Å². The summed E-state index contributed by atoms with van der Waals surface area (Å²) in [6, 6.07) is 11.4. The third-order valence-electron chi connectivity index (χ3n) is 4.07. The number of amides is 1. The number of ether oxygens (including phenoxy) is 1. The average molecular weight is 382 g/mol. The van der Waals surface area contributed by atoms with Gasteiger partial charge in [0.1, 0.15) is 5.75 Å². The zero-order chi connectivity index (χ0) is 18.8. The summed E-state index contributed by atoms with van der Waals surface area (Å²) in [5, 5.41) is 0.0967. The first-order valence-electron chi connectivity index (χ1n) is 7.56. The topological polar surface area (TPSA) is 63.7 Å². The molecule has 1 atom stereocenters. The van der Waals surface area contributed by atoms with E-state index in [4.69, 9.17) is 16.3 Å². The first-order chi connectivity index (χ1) is 11.7. The molecule has 134 valence electrons. The van der Waals surface area contributed by atoms with Gasteiger partial charge in [0, 0.05) is 24.4 Å². The lowest BCUT2D eigenvalue weighted by molar-refractivity contribution is 0.0741. The molecule has 7 heteroatoms. The van der Waals surface area contributed by atoms with Crippen LogP contribution < -0.4 is 4.74 Å². The molecule has 1 amide bonds. The maximum Gasteiger partial charge on any atom is 0.254 e. The molecule has 0 aliphatic heterocycles. The van der Waals surface area contributed by atoms with E-state index >= 15 is 0 Å². The van der Waals surface area contributed by atoms with E-state index in [1.54, 1.807) is 14.2 Å². The highest BCUT2D eigenvalue weighted by Gasteiger charge is 2.23. The standard InChI is InChI=1S/C18H20ClNO4S/c1-12(14-7-5-6-8-16(14)24-3)20(2)18(21)13-9-10-15(19)17(11-13)25(4,22)23/h5-12H,1-4H3. The quantitative estimate of drug-likeness (QED) is 0.794. The van der Waals surface area contributed by atoms with Gasteiger partial charge in [0.05, 0.1) is 23.1 Å². The lowest BCUT2D eigenvalue weighted by atomic mass is 10.0. The third kappa shape index (κ3) is 4.14. The molecule has 0 N–H and O–H groups in total. The molecule has 2 aromatic rings. The molecule has 0 saturated heterocycles. The molecule has 0 aliphatic rings. The molecule has 0 aliphatic carbocycles. The van der Waals surface area contributed by atoms with Gasteiger partial charge in [-0.3, -0.25) is 4.79 Å². The molecular formula is C18H20ClNO4S. The Labute approximate surface area is 153 Å². The monoisotopic (exact) mass is 381 g/mol. The van der Waals surface area contributed by atoms with Crippen LogP contribution in [0.5, 0.6) is 5.75 Å². The number of carbonyl (C=O) groups excluding carboxylic acids is 1. The van der Waals surface area contributed by atoms with Gasteiger partial charge in [-0.05, 0) is 31.2 Å². The SMILES string of the molecule is COc1ccccc1C(C)N(C)C(=O)c1ccc(Cl)c(S(C)(=O)=O)c1. The van der Waals surface area contributed by atoms with Crippen LogP contribution in [0.2, 0.25) is 5.02 Å². The minimum Gasteiger partial charge on any atom is -0.496 e. The summed E-state index contributed by atoms with van der Waals surface area (Å²) in [4.78, 5) is 14.3. The highest BCUT2D eigenvalue weighted by Crippen LogP contribution is 2.30. The second kappa shape index (κ2) is 7.45. The molecule has 0 spiro atoms. The maximum atomic E-state index is 12.8. The molecule has 1 unspecified atom stereocenters. The summed E-state index contributed by atoms with van der Waals surface area (Å²) in [7, 11) is -0.286. The summed E-state index contributed by atoms with van der Waals surface area (Å²) in [6.45, 7) is 1.88. The fourth-order valence-electron chi connectivity index (χ4n) is 2.52. The Bertz CT molecular complexity index is 896. The van der Waals surface area contributed by atoms with Gasteiger partial charge in [0.15, 0.2) is 9.84 Å². The van der Waals surface area contributed by atoms with E-state index in [1.807, 2.05) is 31.2 Å². The number of halogens is 1. The van der Waals surface area contributed by atoms with Crippen LogP contribution in [0.3, 0.4) is 0 Å². The average Bonchev–Trinajstić information content (AvgIpc) is 2.59. The van der Waals surface area contributed by atoms with Crippen molar-refractivity contribution < 1.29 is 17.9 Å². The number of rotatable bonds is 5. The first kappa shape index (κ1) is 19.3. The molecule has 2 rings (SSSR count). The summed E-state index contributed by atoms with van der Waals surface area (Å²) in [6.07, 6.45) is 1.06. The van der Waals surface area contributed by atoms with E-state index < -0.39 is 9.84 Å². The zero-order valence-electron chi connectivity index (χ0n) is 14.5. The van der Waals surface area contributed by atoms with Gasteiger partial charge >= 0.3 is 0 Å². The Balaban J connectivity index is 2.37. The van der Waals surface area contributed by atoms with Crippen LogP contribution in [0.15, 0.2) is 47.4 Å². The van der Waals surface area contributed by atoms with E-state index in [9.17, 15) is 13.2 Å². The molecule has 0 fully saturated rings. The second-order valence-corrected chi connectivity index (χ2v) is 8.14. The number of hydrogen-bond acceptors (Lipinski definition) is 4. The van der Waals surface area contributed by atoms with Crippen LogP contribution in [0, 0.1) is 0 Å².